The molecule has 3 aromatic heterocycles. The first kappa shape index (κ1) is 23.9. The van der Waals surface area contributed by atoms with E-state index < -0.39 is 0 Å². The van der Waals surface area contributed by atoms with Crippen molar-refractivity contribution < 1.29 is 0 Å². The number of pyridine rings is 2. The van der Waals surface area contributed by atoms with Crippen molar-refractivity contribution in [2.24, 2.45) is 11.0 Å². The number of nitrogens with zero attached hydrogens (tertiary/aromatic N) is 4. The summed E-state index contributed by atoms with van der Waals surface area (Å²) < 4.78 is 1.17. The summed E-state index contributed by atoms with van der Waals surface area (Å²) in [5, 5.41) is 9.28. The van der Waals surface area contributed by atoms with E-state index in [2.05, 4.69) is 70.5 Å². The molecule has 5 aliphatic rings. The third-order valence-corrected chi connectivity index (χ3v) is 10.4. The first-order valence-corrected chi connectivity index (χ1v) is 14.9. The molecule has 0 radical (unpaired) electrons. The Kier molecular flexibility index (Phi) is 5.08. The Hall–Kier alpha value is -3.97. The Labute approximate surface area is 238 Å². The number of aromatic nitrogens is 2. The number of allylic oxidation sites excluding steroid dienone is 1. The van der Waals surface area contributed by atoms with Gasteiger partial charge in [0, 0.05) is 59.2 Å². The van der Waals surface area contributed by atoms with Crippen LogP contribution in [0.3, 0.4) is 0 Å². The van der Waals surface area contributed by atoms with Crippen LogP contribution in [-0.2, 0) is 18.4 Å². The number of aryl methyl sites for hydroxylation is 3. The number of hydrogen-bond acceptors (Lipinski definition) is 7. The average Bonchev–Trinajstić information content (AvgIpc) is 3.74. The summed E-state index contributed by atoms with van der Waals surface area (Å²) in [6.07, 6.45) is 6.73. The van der Waals surface area contributed by atoms with Gasteiger partial charge in [-0.2, -0.15) is 5.10 Å². The Bertz CT molecular complexity index is 1770. The highest BCUT2D eigenvalue weighted by atomic mass is 32.1. The molecule has 7 heterocycles. The molecule has 1 saturated carbocycles. The fraction of sp³-hybridized carbons (Fsp3) is 0.303. The van der Waals surface area contributed by atoms with Gasteiger partial charge in [0.05, 0.1) is 27.3 Å². The molecule has 9 rings (SSSR count). The minimum Gasteiger partial charge on any atom is -0.372 e. The molecule has 0 atom stereocenters. The highest BCUT2D eigenvalue weighted by Crippen LogP contribution is 2.65. The molecule has 2 saturated heterocycles. The lowest BCUT2D eigenvalue weighted by Crippen LogP contribution is -2.38. The van der Waals surface area contributed by atoms with Crippen LogP contribution in [0.2, 0.25) is 0 Å². The standard InChI is InChI=1S/C33H32N6S/c1-18-5-7-21(8-6-18)9-10-24-28(25-13-19(2)37-38-25)29(26-14-23-11-12-35-32(34-4)30(23)40-26)27-20(3)39-17-22-15-33(39,16-22)31(27)36-24/h5-8,11-12,14,22,37H,2-3,9-10,13,15-17H2,1,4H3,(H,34,35). The lowest BCUT2D eigenvalue weighted by atomic mass is 9.70. The maximum absolute atomic E-state index is 5.57. The molecule has 200 valence electrons. The van der Waals surface area contributed by atoms with Crippen molar-refractivity contribution in [1.29, 1.82) is 0 Å². The van der Waals surface area contributed by atoms with Gasteiger partial charge in [-0.05, 0) is 61.6 Å². The normalized spacial score (nSPS) is 22.3. The molecule has 6 nitrogen and oxygen atoms in total. The number of thiophene rings is 1. The highest BCUT2D eigenvalue weighted by molar-refractivity contribution is 7.22. The Morgan fingerprint density at radius 1 is 1.10 bits per heavy atom. The maximum atomic E-state index is 5.57. The number of hydrazone groups is 1. The van der Waals surface area contributed by atoms with Gasteiger partial charge in [-0.1, -0.05) is 43.0 Å². The maximum Gasteiger partial charge on any atom is 0.143 e. The van der Waals surface area contributed by atoms with Crippen LogP contribution in [0.4, 0.5) is 5.82 Å². The predicted molar refractivity (Wildman–Crippen MR) is 165 cm³/mol. The van der Waals surface area contributed by atoms with Crippen LogP contribution < -0.4 is 10.7 Å². The second-order valence-corrected chi connectivity index (χ2v) is 12.8. The lowest BCUT2D eigenvalue weighted by Gasteiger charge is -2.38. The van der Waals surface area contributed by atoms with Crippen LogP contribution in [0.5, 0.6) is 0 Å². The molecule has 1 aromatic carbocycles. The molecule has 2 N–H and O–H groups in total. The molecule has 0 unspecified atom stereocenters. The van der Waals surface area contributed by atoms with Crippen molar-refractivity contribution >= 4 is 38.6 Å². The summed E-state index contributed by atoms with van der Waals surface area (Å²) in [7, 11) is 1.94. The topological polar surface area (TPSA) is 65.4 Å². The second-order valence-electron chi connectivity index (χ2n) is 11.8. The van der Waals surface area contributed by atoms with Crippen LogP contribution in [0.1, 0.15) is 52.9 Å². The van der Waals surface area contributed by atoms with Gasteiger partial charge in [0.2, 0.25) is 0 Å². The van der Waals surface area contributed by atoms with E-state index in [9.17, 15) is 0 Å². The summed E-state index contributed by atoms with van der Waals surface area (Å²) in [5.74, 6) is 1.67. The van der Waals surface area contributed by atoms with Gasteiger partial charge in [0.15, 0.2) is 0 Å². The second kappa shape index (κ2) is 8.51. The third-order valence-electron chi connectivity index (χ3n) is 9.24. The SMILES string of the molecule is C=C1CC(c2c(CCc3ccc(C)cc3)nc3c(c2-c2cc4ccnc(NC)c4s2)C(=C)N2CC4CC32C4)=NN1. The summed E-state index contributed by atoms with van der Waals surface area (Å²) in [6, 6.07) is 13.3. The minimum absolute atomic E-state index is 0.0106. The quantitative estimate of drug-likeness (QED) is 0.286. The molecular weight excluding hydrogens is 512 g/mol. The van der Waals surface area contributed by atoms with Crippen molar-refractivity contribution in [2.45, 2.75) is 44.6 Å². The van der Waals surface area contributed by atoms with E-state index in [4.69, 9.17) is 16.7 Å². The molecule has 1 spiro atoms. The fourth-order valence-corrected chi connectivity index (χ4v) is 8.56. The van der Waals surface area contributed by atoms with Gasteiger partial charge in [-0.3, -0.25) is 10.4 Å². The fourth-order valence-electron chi connectivity index (χ4n) is 7.35. The van der Waals surface area contributed by atoms with Crippen molar-refractivity contribution in [2.75, 3.05) is 18.9 Å². The number of nitrogens with one attached hydrogen (secondary N) is 2. The molecule has 2 bridgehead atoms. The molecule has 0 amide bonds. The number of anilines is 1. The highest BCUT2D eigenvalue weighted by Gasteiger charge is 2.63. The number of hydrogen-bond donors (Lipinski definition) is 2. The summed E-state index contributed by atoms with van der Waals surface area (Å²) in [5.41, 5.74) is 14.8. The minimum atomic E-state index is 0.0106. The van der Waals surface area contributed by atoms with E-state index in [0.29, 0.717) is 6.42 Å². The summed E-state index contributed by atoms with van der Waals surface area (Å²) >= 11 is 1.80. The van der Waals surface area contributed by atoms with Crippen LogP contribution >= 0.6 is 11.3 Å². The van der Waals surface area contributed by atoms with Gasteiger partial charge in [-0.25, -0.2) is 4.98 Å². The van der Waals surface area contributed by atoms with Crippen LogP contribution in [0, 0.1) is 12.8 Å². The van der Waals surface area contributed by atoms with Crippen molar-refractivity contribution in [3.8, 4) is 10.4 Å². The Balaban J connectivity index is 1.38. The van der Waals surface area contributed by atoms with E-state index in [1.807, 2.05) is 13.2 Å². The first-order valence-electron chi connectivity index (χ1n) is 14.1. The largest absolute Gasteiger partial charge is 0.372 e. The van der Waals surface area contributed by atoms with E-state index in [-0.39, 0.29) is 5.54 Å². The molecule has 40 heavy (non-hydrogen) atoms. The molecule has 7 heteroatoms. The van der Waals surface area contributed by atoms with E-state index >= 15 is 0 Å². The number of benzene rings is 1. The Morgan fingerprint density at radius 3 is 2.67 bits per heavy atom. The molecule has 1 aliphatic carbocycles. The van der Waals surface area contributed by atoms with Gasteiger partial charge in [-0.15, -0.1) is 11.3 Å². The van der Waals surface area contributed by atoms with Crippen molar-refractivity contribution in [3.05, 3.63) is 95.1 Å². The molecule has 3 fully saturated rings. The zero-order chi connectivity index (χ0) is 27.2. The lowest BCUT2D eigenvalue weighted by molar-refractivity contribution is 0.162. The van der Waals surface area contributed by atoms with Crippen molar-refractivity contribution in [3.63, 3.8) is 0 Å². The van der Waals surface area contributed by atoms with Crippen LogP contribution in [0.15, 0.2) is 66.6 Å². The van der Waals surface area contributed by atoms with Gasteiger partial charge < -0.3 is 10.2 Å². The zero-order valence-electron chi connectivity index (χ0n) is 23.0. The Morgan fingerprint density at radius 2 is 1.93 bits per heavy atom. The molecule has 4 aromatic rings. The van der Waals surface area contributed by atoms with Crippen LogP contribution in [0.25, 0.3) is 26.2 Å². The van der Waals surface area contributed by atoms with E-state index in [0.717, 1.165) is 59.5 Å². The molecular formula is C33H32N6S. The molecule has 4 aliphatic heterocycles. The van der Waals surface area contributed by atoms with E-state index in [1.165, 1.54) is 55.8 Å². The summed E-state index contributed by atoms with van der Waals surface area (Å²) in [6.45, 7) is 12.1. The number of rotatable bonds is 6. The third kappa shape index (κ3) is 3.30. The predicted octanol–water partition coefficient (Wildman–Crippen LogP) is 6.61. The summed E-state index contributed by atoms with van der Waals surface area (Å²) in [4.78, 5) is 14.0. The van der Waals surface area contributed by atoms with Gasteiger partial charge >= 0.3 is 0 Å². The first-order chi connectivity index (χ1) is 19.4. The monoisotopic (exact) mass is 544 g/mol. The van der Waals surface area contributed by atoms with Crippen LogP contribution in [-0.4, -0.2) is 34.2 Å². The average molecular weight is 545 g/mol. The smallest absolute Gasteiger partial charge is 0.143 e. The number of fused-ring (bicyclic) bond motifs is 2. The zero-order valence-corrected chi connectivity index (χ0v) is 23.8. The van der Waals surface area contributed by atoms with Gasteiger partial charge in [0.1, 0.15) is 5.82 Å². The van der Waals surface area contributed by atoms with Gasteiger partial charge in [0.25, 0.3) is 0 Å². The van der Waals surface area contributed by atoms with Crippen molar-refractivity contribution in [1.82, 2.24) is 20.3 Å². The van der Waals surface area contributed by atoms with E-state index in [1.54, 1.807) is 11.3 Å².